The number of nitrogens with two attached hydrogens (primary N) is 1. The van der Waals surface area contributed by atoms with Gasteiger partial charge in [-0.25, -0.2) is 4.98 Å². The van der Waals surface area contributed by atoms with E-state index in [0.717, 1.165) is 40.4 Å². The van der Waals surface area contributed by atoms with Crippen molar-refractivity contribution in [2.24, 2.45) is 5.73 Å². The third-order valence-electron chi connectivity index (χ3n) is 3.87. The minimum atomic E-state index is -0.505. The second-order valence-corrected chi connectivity index (χ2v) is 5.39. The lowest BCUT2D eigenvalue weighted by molar-refractivity contribution is 0.0996. The van der Waals surface area contributed by atoms with Crippen LogP contribution in [0.2, 0.25) is 0 Å². The molecule has 2 N–H and O–H groups in total. The molecule has 0 atom stereocenters. The zero-order valence-electron chi connectivity index (χ0n) is 12.8. The molecule has 2 aromatic carbocycles. The van der Waals surface area contributed by atoms with Crippen molar-refractivity contribution in [2.75, 3.05) is 0 Å². The van der Waals surface area contributed by atoms with E-state index in [2.05, 4.69) is 11.6 Å². The van der Waals surface area contributed by atoms with E-state index < -0.39 is 5.91 Å². The number of amides is 1. The second-order valence-electron chi connectivity index (χ2n) is 5.39. The van der Waals surface area contributed by atoms with Crippen molar-refractivity contribution in [3.63, 3.8) is 0 Å². The highest BCUT2D eigenvalue weighted by Crippen LogP contribution is 2.33. The fraction of sp³-hybridized carbons (Fsp3) is 0.100. The number of nitrogens with zero attached hydrogens (tertiary/aromatic N) is 1. The van der Waals surface area contributed by atoms with Gasteiger partial charge in [-0.05, 0) is 23.8 Å². The molecule has 0 radical (unpaired) electrons. The Morgan fingerprint density at radius 1 is 1.04 bits per heavy atom. The van der Waals surface area contributed by atoms with Crippen molar-refractivity contribution in [3.8, 4) is 11.1 Å². The highest BCUT2D eigenvalue weighted by Gasteiger charge is 2.18. The standard InChI is InChI=1S/C20H18N2O/c1-2-3-13-17-15-11-7-8-12-16(15)18(19(22-17)20(21)23)14-9-5-4-6-10-14/h2,4-12H,1,3,13H2,(H2,21,23). The van der Waals surface area contributed by atoms with Gasteiger partial charge in [0.1, 0.15) is 5.69 Å². The van der Waals surface area contributed by atoms with Crippen LogP contribution in [-0.2, 0) is 6.42 Å². The zero-order valence-corrected chi connectivity index (χ0v) is 12.8. The van der Waals surface area contributed by atoms with Crippen molar-refractivity contribution in [1.82, 2.24) is 4.98 Å². The second kappa shape index (κ2) is 6.44. The van der Waals surface area contributed by atoms with Crippen molar-refractivity contribution < 1.29 is 4.79 Å². The van der Waals surface area contributed by atoms with Gasteiger partial charge >= 0.3 is 0 Å². The maximum atomic E-state index is 12.0. The lowest BCUT2D eigenvalue weighted by Crippen LogP contribution is -2.16. The summed E-state index contributed by atoms with van der Waals surface area (Å²) in [4.78, 5) is 16.6. The first-order chi connectivity index (χ1) is 11.2. The van der Waals surface area contributed by atoms with E-state index in [9.17, 15) is 4.79 Å². The number of carbonyl (C=O) groups excluding carboxylic acids is 1. The number of aromatic nitrogens is 1. The predicted molar refractivity (Wildman–Crippen MR) is 94.2 cm³/mol. The lowest BCUT2D eigenvalue weighted by Gasteiger charge is -2.14. The topological polar surface area (TPSA) is 56.0 Å². The Kier molecular flexibility index (Phi) is 4.20. The average Bonchev–Trinajstić information content (AvgIpc) is 2.59. The van der Waals surface area contributed by atoms with Crippen LogP contribution in [-0.4, -0.2) is 10.9 Å². The highest BCUT2D eigenvalue weighted by atomic mass is 16.1. The number of benzene rings is 2. The molecule has 1 amide bonds. The number of carbonyl (C=O) groups is 1. The first-order valence-corrected chi connectivity index (χ1v) is 7.60. The van der Waals surface area contributed by atoms with E-state index in [1.807, 2.05) is 60.7 Å². The van der Waals surface area contributed by atoms with Crippen LogP contribution in [0.1, 0.15) is 22.6 Å². The molecule has 0 saturated heterocycles. The first kappa shape index (κ1) is 15.0. The molecule has 3 heteroatoms. The molecule has 1 heterocycles. The summed E-state index contributed by atoms with van der Waals surface area (Å²) in [5.74, 6) is -0.505. The molecular formula is C20H18N2O. The number of aryl methyl sites for hydroxylation is 1. The molecule has 23 heavy (non-hydrogen) atoms. The van der Waals surface area contributed by atoms with Crippen molar-refractivity contribution in [1.29, 1.82) is 0 Å². The van der Waals surface area contributed by atoms with Gasteiger partial charge < -0.3 is 5.73 Å². The fourth-order valence-electron chi connectivity index (χ4n) is 2.84. The number of hydrogen-bond acceptors (Lipinski definition) is 2. The summed E-state index contributed by atoms with van der Waals surface area (Å²) in [6, 6.07) is 17.8. The van der Waals surface area contributed by atoms with Crippen LogP contribution < -0.4 is 5.73 Å². The average molecular weight is 302 g/mol. The Balaban J connectivity index is 2.36. The van der Waals surface area contributed by atoms with Gasteiger partial charge in [-0.1, -0.05) is 60.7 Å². The number of rotatable bonds is 5. The summed E-state index contributed by atoms with van der Waals surface area (Å²) in [5.41, 5.74) is 8.58. The quantitative estimate of drug-likeness (QED) is 0.721. The fourth-order valence-corrected chi connectivity index (χ4v) is 2.84. The number of pyridine rings is 1. The predicted octanol–water partition coefficient (Wildman–Crippen LogP) is 4.12. The van der Waals surface area contributed by atoms with Gasteiger partial charge in [0.05, 0.1) is 0 Å². The van der Waals surface area contributed by atoms with E-state index in [4.69, 9.17) is 5.73 Å². The van der Waals surface area contributed by atoms with E-state index in [1.165, 1.54) is 0 Å². The summed E-state index contributed by atoms with van der Waals surface area (Å²) in [5, 5.41) is 2.06. The van der Waals surface area contributed by atoms with E-state index in [1.54, 1.807) is 0 Å². The molecule has 1 aromatic heterocycles. The largest absolute Gasteiger partial charge is 0.364 e. The Morgan fingerprint density at radius 3 is 2.35 bits per heavy atom. The van der Waals surface area contributed by atoms with Crippen molar-refractivity contribution in [3.05, 3.63) is 78.6 Å². The van der Waals surface area contributed by atoms with E-state index in [-0.39, 0.29) is 0 Å². The Morgan fingerprint density at radius 2 is 1.70 bits per heavy atom. The summed E-state index contributed by atoms with van der Waals surface area (Å²) >= 11 is 0. The smallest absolute Gasteiger partial charge is 0.267 e. The van der Waals surface area contributed by atoms with Crippen LogP contribution in [0.4, 0.5) is 0 Å². The third kappa shape index (κ3) is 2.86. The zero-order chi connectivity index (χ0) is 16.2. The molecule has 0 aliphatic carbocycles. The van der Waals surface area contributed by atoms with Gasteiger partial charge in [0.2, 0.25) is 0 Å². The van der Waals surface area contributed by atoms with Gasteiger partial charge in [0.15, 0.2) is 0 Å². The summed E-state index contributed by atoms with van der Waals surface area (Å²) < 4.78 is 0. The SMILES string of the molecule is C=CCCc1nc(C(N)=O)c(-c2ccccc2)c2ccccc12. The summed E-state index contributed by atoms with van der Waals surface area (Å²) in [7, 11) is 0. The van der Waals surface area contributed by atoms with Crippen LogP contribution in [0.15, 0.2) is 67.3 Å². The van der Waals surface area contributed by atoms with Crippen LogP contribution in [0.25, 0.3) is 21.9 Å². The molecule has 0 unspecified atom stereocenters. The molecule has 0 aliphatic heterocycles. The first-order valence-electron chi connectivity index (χ1n) is 7.60. The number of primary amides is 1. The Hall–Kier alpha value is -2.94. The van der Waals surface area contributed by atoms with Gasteiger partial charge in [0.25, 0.3) is 5.91 Å². The number of fused-ring (bicyclic) bond motifs is 1. The third-order valence-corrected chi connectivity index (χ3v) is 3.87. The van der Waals surface area contributed by atoms with Gasteiger partial charge in [0, 0.05) is 16.6 Å². The Labute approximate surface area is 135 Å². The Bertz CT molecular complexity index is 869. The molecule has 114 valence electrons. The summed E-state index contributed by atoms with van der Waals surface area (Å²) in [6.07, 6.45) is 3.39. The molecular weight excluding hydrogens is 284 g/mol. The molecule has 0 bridgehead atoms. The monoisotopic (exact) mass is 302 g/mol. The molecule has 0 saturated carbocycles. The maximum Gasteiger partial charge on any atom is 0.267 e. The van der Waals surface area contributed by atoms with Crippen LogP contribution in [0.5, 0.6) is 0 Å². The van der Waals surface area contributed by atoms with E-state index >= 15 is 0 Å². The van der Waals surface area contributed by atoms with Crippen LogP contribution >= 0.6 is 0 Å². The van der Waals surface area contributed by atoms with Crippen LogP contribution in [0.3, 0.4) is 0 Å². The molecule has 0 fully saturated rings. The van der Waals surface area contributed by atoms with Crippen molar-refractivity contribution in [2.45, 2.75) is 12.8 Å². The molecule has 3 aromatic rings. The van der Waals surface area contributed by atoms with E-state index in [0.29, 0.717) is 5.69 Å². The number of hydrogen-bond donors (Lipinski definition) is 1. The number of allylic oxidation sites excluding steroid dienone is 1. The van der Waals surface area contributed by atoms with Gasteiger partial charge in [-0.15, -0.1) is 6.58 Å². The molecule has 0 aliphatic rings. The maximum absolute atomic E-state index is 12.0. The summed E-state index contributed by atoms with van der Waals surface area (Å²) in [6.45, 7) is 3.76. The lowest BCUT2D eigenvalue weighted by atomic mass is 9.94. The van der Waals surface area contributed by atoms with Gasteiger partial charge in [-0.2, -0.15) is 0 Å². The van der Waals surface area contributed by atoms with Gasteiger partial charge in [-0.3, -0.25) is 4.79 Å². The van der Waals surface area contributed by atoms with Crippen molar-refractivity contribution >= 4 is 16.7 Å². The minimum Gasteiger partial charge on any atom is -0.364 e. The molecule has 3 rings (SSSR count). The highest BCUT2D eigenvalue weighted by molar-refractivity contribution is 6.08. The minimum absolute atomic E-state index is 0.328. The van der Waals surface area contributed by atoms with Crippen LogP contribution in [0, 0.1) is 0 Å². The molecule has 0 spiro atoms. The molecule has 3 nitrogen and oxygen atoms in total. The normalized spacial score (nSPS) is 10.6.